The average Bonchev–Trinajstić information content (AvgIpc) is 3.65. The van der Waals surface area contributed by atoms with E-state index in [-0.39, 0.29) is 5.69 Å². The van der Waals surface area contributed by atoms with Crippen LogP contribution in [0.4, 0.5) is 0 Å². The first kappa shape index (κ1) is 24.3. The molecule has 0 fully saturated rings. The minimum Gasteiger partial charge on any atom is -0.299 e. The average molecular weight is 499 g/mol. The van der Waals surface area contributed by atoms with Crippen molar-refractivity contribution in [3.63, 3.8) is 0 Å². The van der Waals surface area contributed by atoms with E-state index < -0.39 is 0 Å². The number of tetrazole rings is 1. The molecule has 37 heavy (non-hydrogen) atoms. The van der Waals surface area contributed by atoms with Crippen LogP contribution in [0.2, 0.25) is 0 Å². The summed E-state index contributed by atoms with van der Waals surface area (Å²) < 4.78 is 5.36. The maximum absolute atomic E-state index is 13.6. The Labute approximate surface area is 214 Å². The predicted octanol–water partition coefficient (Wildman–Crippen LogP) is 3.52. The lowest BCUT2D eigenvalue weighted by Gasteiger charge is -2.09. The zero-order valence-corrected chi connectivity index (χ0v) is 21.2. The topological polar surface area (TPSA) is 125 Å². The molecule has 0 radical (unpaired) electrons. The van der Waals surface area contributed by atoms with Crippen molar-refractivity contribution in [2.45, 2.75) is 53.1 Å². The van der Waals surface area contributed by atoms with Gasteiger partial charge in [0, 0.05) is 35.8 Å². The summed E-state index contributed by atoms with van der Waals surface area (Å²) in [5, 5.41) is 22.7. The van der Waals surface area contributed by atoms with E-state index in [2.05, 4.69) is 51.6 Å². The summed E-state index contributed by atoms with van der Waals surface area (Å²) in [5.74, 6) is 1.46. The molecular formula is C26H30N10O. The van der Waals surface area contributed by atoms with Crippen LogP contribution in [0, 0.1) is 5.92 Å². The molecule has 0 aliphatic heterocycles. The maximum Gasteiger partial charge on any atom is 0.335 e. The van der Waals surface area contributed by atoms with E-state index in [0.717, 1.165) is 53.9 Å². The van der Waals surface area contributed by atoms with Gasteiger partial charge in [-0.1, -0.05) is 57.5 Å². The molecule has 0 aliphatic carbocycles. The molecule has 0 atom stereocenters. The fourth-order valence-electron chi connectivity index (χ4n) is 4.39. The van der Waals surface area contributed by atoms with E-state index in [1.165, 1.54) is 0 Å². The van der Waals surface area contributed by atoms with Gasteiger partial charge in [-0.05, 0) is 35.6 Å². The molecule has 11 nitrogen and oxygen atoms in total. The summed E-state index contributed by atoms with van der Waals surface area (Å²) in [6.07, 6.45) is 8.24. The summed E-state index contributed by atoms with van der Waals surface area (Å²) >= 11 is 0. The Bertz CT molecular complexity index is 1510. The largest absolute Gasteiger partial charge is 0.335 e. The van der Waals surface area contributed by atoms with Gasteiger partial charge in [0.05, 0.1) is 12.2 Å². The molecule has 0 bridgehead atoms. The molecule has 0 spiro atoms. The van der Waals surface area contributed by atoms with Crippen LogP contribution in [-0.2, 0) is 19.5 Å². The van der Waals surface area contributed by atoms with E-state index in [1.54, 1.807) is 10.9 Å². The highest BCUT2D eigenvalue weighted by molar-refractivity contribution is 5.78. The number of hydrogen-bond acceptors (Lipinski definition) is 7. The summed E-state index contributed by atoms with van der Waals surface area (Å²) in [5.41, 5.74) is 4.32. The van der Waals surface area contributed by atoms with Gasteiger partial charge in [-0.25, -0.2) is 9.36 Å². The van der Waals surface area contributed by atoms with Gasteiger partial charge in [-0.3, -0.25) is 14.1 Å². The van der Waals surface area contributed by atoms with Gasteiger partial charge in [-0.15, -0.1) is 20.4 Å². The number of unbranched alkanes of at least 4 members (excludes halogenated alkanes) is 1. The summed E-state index contributed by atoms with van der Waals surface area (Å²) in [7, 11) is 0. The first-order valence-corrected chi connectivity index (χ1v) is 12.5. The number of benzene rings is 1. The molecule has 1 N–H and O–H groups in total. The van der Waals surface area contributed by atoms with Crippen LogP contribution >= 0.6 is 0 Å². The zero-order valence-electron chi connectivity index (χ0n) is 21.2. The van der Waals surface area contributed by atoms with Gasteiger partial charge >= 0.3 is 5.69 Å². The molecule has 5 rings (SSSR count). The number of H-pyrrole nitrogens is 1. The van der Waals surface area contributed by atoms with Crippen LogP contribution in [0.25, 0.3) is 28.6 Å². The number of aromatic amines is 1. The number of nitrogens with one attached hydrogen (secondary N) is 1. The van der Waals surface area contributed by atoms with Gasteiger partial charge in [0.25, 0.3) is 0 Å². The van der Waals surface area contributed by atoms with Gasteiger partial charge in [-0.2, -0.15) is 5.21 Å². The molecule has 0 saturated carbocycles. The lowest BCUT2D eigenvalue weighted by Crippen LogP contribution is -2.26. The fraction of sp³-hybridized carbons (Fsp3) is 0.346. The Balaban J connectivity index is 1.46. The molecule has 0 amide bonds. The van der Waals surface area contributed by atoms with Gasteiger partial charge in [0.2, 0.25) is 11.8 Å². The molecule has 11 heteroatoms. The van der Waals surface area contributed by atoms with Gasteiger partial charge < -0.3 is 0 Å². The van der Waals surface area contributed by atoms with Crippen molar-refractivity contribution in [2.24, 2.45) is 5.92 Å². The Morgan fingerprint density at radius 2 is 1.89 bits per heavy atom. The highest BCUT2D eigenvalue weighted by Gasteiger charge is 2.18. The summed E-state index contributed by atoms with van der Waals surface area (Å²) in [6.45, 7) is 7.56. The quantitative estimate of drug-likeness (QED) is 0.312. The first-order chi connectivity index (χ1) is 18.0. The number of pyridine rings is 1. The van der Waals surface area contributed by atoms with Crippen LogP contribution in [0.5, 0.6) is 0 Å². The SMILES string of the molecule is CCCCc1cn(-c2nncn2CC(C)C)c(=O)n1Cc1ccc(-c2ccccc2-c2nn[nH]n2)nc1. The second kappa shape index (κ2) is 10.7. The van der Waals surface area contributed by atoms with Crippen LogP contribution < -0.4 is 5.69 Å². The standard InChI is InChI=1S/C26H30N10O/c1-4-5-8-20-16-36(25-31-28-17-34(25)14-18(2)3)26(37)35(20)15-19-11-12-23(27-13-19)21-9-6-7-10-22(21)24-29-32-33-30-24/h6-7,9-13,16-18H,4-5,8,14-15H2,1-3H3,(H,29,30,32,33). The van der Waals surface area contributed by atoms with Crippen LogP contribution in [0.15, 0.2) is 59.9 Å². The number of nitrogens with zero attached hydrogens (tertiary/aromatic N) is 9. The molecule has 0 unspecified atom stereocenters. The van der Waals surface area contributed by atoms with E-state index in [1.807, 2.05) is 57.9 Å². The van der Waals surface area contributed by atoms with Gasteiger partial charge in [0.15, 0.2) is 0 Å². The van der Waals surface area contributed by atoms with Crippen LogP contribution in [0.1, 0.15) is 44.9 Å². The smallest absolute Gasteiger partial charge is 0.299 e. The first-order valence-electron chi connectivity index (χ1n) is 12.5. The molecule has 0 aliphatic rings. The molecule has 5 aromatic rings. The van der Waals surface area contributed by atoms with Crippen molar-refractivity contribution in [3.8, 4) is 28.6 Å². The maximum atomic E-state index is 13.6. The fourth-order valence-corrected chi connectivity index (χ4v) is 4.39. The van der Waals surface area contributed by atoms with Gasteiger partial charge in [0.1, 0.15) is 6.33 Å². The summed E-state index contributed by atoms with van der Waals surface area (Å²) in [6, 6.07) is 11.8. The third-order valence-corrected chi connectivity index (χ3v) is 6.18. The van der Waals surface area contributed by atoms with Crippen LogP contribution in [0.3, 0.4) is 0 Å². The highest BCUT2D eigenvalue weighted by atomic mass is 16.2. The second-order valence-electron chi connectivity index (χ2n) is 9.47. The Morgan fingerprint density at radius 1 is 1.05 bits per heavy atom. The Morgan fingerprint density at radius 3 is 2.59 bits per heavy atom. The minimum absolute atomic E-state index is 0.129. The molecule has 0 saturated heterocycles. The molecule has 1 aromatic carbocycles. The molecule has 190 valence electrons. The molecule has 4 aromatic heterocycles. The molecular weight excluding hydrogens is 468 g/mol. The third kappa shape index (κ3) is 5.11. The number of aromatic nitrogens is 10. The number of imidazole rings is 1. The van der Waals surface area contributed by atoms with E-state index in [9.17, 15) is 4.79 Å². The van der Waals surface area contributed by atoms with E-state index in [4.69, 9.17) is 4.98 Å². The second-order valence-corrected chi connectivity index (χ2v) is 9.47. The lowest BCUT2D eigenvalue weighted by atomic mass is 10.0. The highest BCUT2D eigenvalue weighted by Crippen LogP contribution is 2.28. The Hall–Kier alpha value is -4.41. The van der Waals surface area contributed by atoms with E-state index >= 15 is 0 Å². The Kier molecular flexibility index (Phi) is 7.02. The third-order valence-electron chi connectivity index (χ3n) is 6.18. The van der Waals surface area contributed by atoms with Crippen molar-refractivity contribution >= 4 is 0 Å². The molecule has 4 heterocycles. The lowest BCUT2D eigenvalue weighted by molar-refractivity contribution is 0.512. The minimum atomic E-state index is -0.129. The summed E-state index contributed by atoms with van der Waals surface area (Å²) in [4.78, 5) is 18.3. The van der Waals surface area contributed by atoms with Crippen molar-refractivity contribution in [1.82, 2.24) is 49.5 Å². The normalized spacial score (nSPS) is 11.5. The van der Waals surface area contributed by atoms with Crippen molar-refractivity contribution in [2.75, 3.05) is 0 Å². The number of hydrogen-bond donors (Lipinski definition) is 1. The number of rotatable bonds is 10. The van der Waals surface area contributed by atoms with E-state index in [0.29, 0.717) is 24.2 Å². The monoisotopic (exact) mass is 498 g/mol. The van der Waals surface area contributed by atoms with Crippen molar-refractivity contribution in [3.05, 3.63) is 76.9 Å². The zero-order chi connectivity index (χ0) is 25.8. The van der Waals surface area contributed by atoms with Crippen molar-refractivity contribution < 1.29 is 0 Å². The number of aryl methyl sites for hydroxylation is 1. The predicted molar refractivity (Wildman–Crippen MR) is 139 cm³/mol. The van der Waals surface area contributed by atoms with Crippen LogP contribution in [-0.4, -0.2) is 49.5 Å². The van der Waals surface area contributed by atoms with Crippen molar-refractivity contribution in [1.29, 1.82) is 0 Å².